The maximum atomic E-state index is 5.02. The van der Waals surface area contributed by atoms with Crippen molar-refractivity contribution in [3.8, 4) is 0 Å². The second-order valence-electron chi connectivity index (χ2n) is 5.54. The quantitative estimate of drug-likeness (QED) is 0.834. The Kier molecular flexibility index (Phi) is 6.87. The number of ether oxygens (including phenoxy) is 1. The Hall–Kier alpha value is -1.39. The van der Waals surface area contributed by atoms with E-state index >= 15 is 0 Å². The first-order valence-electron chi connectivity index (χ1n) is 7.70. The fraction of sp³-hybridized carbons (Fsp3) is 0.444. The Bertz CT molecular complexity index is 562. The standard InChI is InChI=1S/C9H13NO.C9H11NS/c1-8(7-11-2)9-5-3-4-6-10-9;1-7-4-6-11-8-3-2-5-10-9(7)8/h3-6,8H,7H2,1-2H3;2-3,5,7H,4,6H2,1H3. The van der Waals surface area contributed by atoms with Crippen LogP contribution in [0.4, 0.5) is 0 Å². The largest absolute Gasteiger partial charge is 0.384 e. The highest BCUT2D eigenvalue weighted by Gasteiger charge is 2.16. The zero-order chi connectivity index (χ0) is 15.8. The van der Waals surface area contributed by atoms with Gasteiger partial charge in [0.1, 0.15) is 0 Å². The van der Waals surface area contributed by atoms with Gasteiger partial charge in [0.25, 0.3) is 0 Å². The van der Waals surface area contributed by atoms with Crippen molar-refractivity contribution in [3.63, 3.8) is 0 Å². The third-order valence-corrected chi connectivity index (χ3v) is 4.78. The average Bonchev–Trinajstić information content (AvgIpc) is 2.57. The van der Waals surface area contributed by atoms with Gasteiger partial charge in [0, 0.05) is 41.9 Å². The maximum Gasteiger partial charge on any atom is 0.0567 e. The van der Waals surface area contributed by atoms with Crippen LogP contribution in [0.3, 0.4) is 0 Å². The van der Waals surface area contributed by atoms with Crippen LogP contribution in [0.2, 0.25) is 0 Å². The zero-order valence-electron chi connectivity index (χ0n) is 13.5. The Labute approximate surface area is 137 Å². The number of thioether (sulfide) groups is 1. The van der Waals surface area contributed by atoms with Gasteiger partial charge in [0.05, 0.1) is 12.3 Å². The van der Waals surface area contributed by atoms with E-state index in [1.165, 1.54) is 22.8 Å². The molecule has 118 valence electrons. The van der Waals surface area contributed by atoms with Crippen molar-refractivity contribution in [1.82, 2.24) is 9.97 Å². The Morgan fingerprint density at radius 2 is 2.05 bits per heavy atom. The summed E-state index contributed by atoms with van der Waals surface area (Å²) in [5, 5.41) is 0. The molecule has 0 bridgehead atoms. The minimum atomic E-state index is 0.390. The molecule has 0 aliphatic carbocycles. The van der Waals surface area contributed by atoms with Crippen molar-refractivity contribution < 1.29 is 4.74 Å². The number of methoxy groups -OCH3 is 1. The van der Waals surface area contributed by atoms with Crippen LogP contribution in [0.1, 0.15) is 43.5 Å². The van der Waals surface area contributed by atoms with Crippen LogP contribution in [-0.4, -0.2) is 29.4 Å². The molecule has 1 aliphatic rings. The lowest BCUT2D eigenvalue weighted by atomic mass is 10.0. The summed E-state index contributed by atoms with van der Waals surface area (Å²) in [6.45, 7) is 5.09. The summed E-state index contributed by atoms with van der Waals surface area (Å²) in [6, 6.07) is 10.1. The Morgan fingerprint density at radius 3 is 2.73 bits per heavy atom. The first-order chi connectivity index (χ1) is 10.7. The molecule has 2 unspecified atom stereocenters. The van der Waals surface area contributed by atoms with Crippen LogP contribution in [-0.2, 0) is 4.74 Å². The van der Waals surface area contributed by atoms with Gasteiger partial charge in [-0.15, -0.1) is 11.8 Å². The molecular weight excluding hydrogens is 292 g/mol. The van der Waals surface area contributed by atoms with E-state index in [0.717, 1.165) is 12.3 Å². The highest BCUT2D eigenvalue weighted by Crippen LogP contribution is 2.35. The number of pyridine rings is 2. The van der Waals surface area contributed by atoms with E-state index in [9.17, 15) is 0 Å². The lowest BCUT2D eigenvalue weighted by molar-refractivity contribution is 0.183. The highest BCUT2D eigenvalue weighted by atomic mass is 32.2. The number of hydrogen-bond donors (Lipinski definition) is 0. The van der Waals surface area contributed by atoms with Crippen molar-refractivity contribution in [2.45, 2.75) is 37.0 Å². The SMILES string of the molecule is CC1CCSc2cccnc21.COCC(C)c1ccccn1. The number of rotatable bonds is 3. The fourth-order valence-corrected chi connectivity index (χ4v) is 3.65. The number of fused-ring (bicyclic) bond motifs is 1. The lowest BCUT2D eigenvalue weighted by Gasteiger charge is -2.19. The van der Waals surface area contributed by atoms with Crippen molar-refractivity contribution >= 4 is 11.8 Å². The smallest absolute Gasteiger partial charge is 0.0567 e. The van der Waals surface area contributed by atoms with Crippen LogP contribution in [0, 0.1) is 0 Å². The molecule has 3 nitrogen and oxygen atoms in total. The molecule has 0 N–H and O–H groups in total. The molecule has 0 spiro atoms. The summed E-state index contributed by atoms with van der Waals surface area (Å²) in [5.74, 6) is 2.30. The van der Waals surface area contributed by atoms with Gasteiger partial charge >= 0.3 is 0 Å². The molecule has 22 heavy (non-hydrogen) atoms. The van der Waals surface area contributed by atoms with Crippen LogP contribution < -0.4 is 0 Å². The summed E-state index contributed by atoms with van der Waals surface area (Å²) >= 11 is 1.93. The van der Waals surface area contributed by atoms with Crippen LogP contribution in [0.25, 0.3) is 0 Å². The molecule has 2 aromatic rings. The molecular formula is C18H24N2OS. The van der Waals surface area contributed by atoms with Gasteiger partial charge in [-0.2, -0.15) is 0 Å². The molecule has 2 atom stereocenters. The van der Waals surface area contributed by atoms with E-state index in [1.807, 2.05) is 48.4 Å². The summed E-state index contributed by atoms with van der Waals surface area (Å²) in [4.78, 5) is 9.98. The molecule has 0 saturated carbocycles. The van der Waals surface area contributed by atoms with E-state index in [4.69, 9.17) is 4.74 Å². The van der Waals surface area contributed by atoms with Crippen molar-refractivity contribution in [3.05, 3.63) is 54.1 Å². The van der Waals surface area contributed by atoms with E-state index < -0.39 is 0 Å². The van der Waals surface area contributed by atoms with Gasteiger partial charge in [-0.25, -0.2) is 0 Å². The van der Waals surface area contributed by atoms with Crippen LogP contribution in [0.5, 0.6) is 0 Å². The number of nitrogens with zero attached hydrogens (tertiary/aromatic N) is 2. The first kappa shape index (κ1) is 17.0. The Balaban J connectivity index is 0.000000160. The molecule has 0 fully saturated rings. The third kappa shape index (κ3) is 4.82. The normalized spacial score (nSPS) is 17.9. The minimum Gasteiger partial charge on any atom is -0.384 e. The number of aromatic nitrogens is 2. The zero-order valence-corrected chi connectivity index (χ0v) is 14.3. The summed E-state index contributed by atoms with van der Waals surface area (Å²) in [6.07, 6.45) is 4.97. The average molecular weight is 316 g/mol. The fourth-order valence-electron chi connectivity index (χ4n) is 2.38. The predicted octanol–water partition coefficient (Wildman–Crippen LogP) is 4.51. The van der Waals surface area contributed by atoms with Gasteiger partial charge in [0.15, 0.2) is 0 Å². The van der Waals surface area contributed by atoms with Gasteiger partial charge in [-0.3, -0.25) is 9.97 Å². The summed E-state index contributed by atoms with van der Waals surface area (Å²) in [5.41, 5.74) is 2.39. The van der Waals surface area contributed by atoms with Gasteiger partial charge in [-0.1, -0.05) is 19.9 Å². The second-order valence-corrected chi connectivity index (χ2v) is 6.67. The molecule has 0 aromatic carbocycles. The van der Waals surface area contributed by atoms with Crippen molar-refractivity contribution in [2.24, 2.45) is 0 Å². The summed E-state index contributed by atoms with van der Waals surface area (Å²) < 4.78 is 5.02. The van der Waals surface area contributed by atoms with E-state index in [1.54, 1.807) is 7.11 Å². The predicted molar refractivity (Wildman–Crippen MR) is 92.5 cm³/mol. The number of hydrogen-bond acceptors (Lipinski definition) is 4. The van der Waals surface area contributed by atoms with Gasteiger partial charge in [-0.05, 0) is 36.4 Å². The van der Waals surface area contributed by atoms with Crippen LogP contribution >= 0.6 is 11.8 Å². The molecule has 4 heteroatoms. The van der Waals surface area contributed by atoms with E-state index in [0.29, 0.717) is 11.8 Å². The minimum absolute atomic E-state index is 0.390. The molecule has 0 amide bonds. The third-order valence-electron chi connectivity index (χ3n) is 3.68. The van der Waals surface area contributed by atoms with Gasteiger partial charge in [0.2, 0.25) is 0 Å². The van der Waals surface area contributed by atoms with Gasteiger partial charge < -0.3 is 4.74 Å². The molecule has 0 saturated heterocycles. The van der Waals surface area contributed by atoms with Crippen molar-refractivity contribution in [2.75, 3.05) is 19.5 Å². The molecule has 3 heterocycles. The van der Waals surface area contributed by atoms with Crippen molar-refractivity contribution in [1.29, 1.82) is 0 Å². The lowest BCUT2D eigenvalue weighted by Crippen LogP contribution is -2.05. The molecule has 3 rings (SSSR count). The van der Waals surface area contributed by atoms with E-state index in [-0.39, 0.29) is 0 Å². The molecule has 1 aliphatic heterocycles. The molecule has 0 radical (unpaired) electrons. The second kappa shape index (κ2) is 8.91. The monoisotopic (exact) mass is 316 g/mol. The topological polar surface area (TPSA) is 35.0 Å². The van der Waals surface area contributed by atoms with E-state index in [2.05, 4.69) is 29.9 Å². The highest BCUT2D eigenvalue weighted by molar-refractivity contribution is 7.99. The molecule has 2 aromatic heterocycles. The first-order valence-corrected chi connectivity index (χ1v) is 8.68. The Morgan fingerprint density at radius 1 is 1.23 bits per heavy atom. The van der Waals surface area contributed by atoms with Crippen LogP contribution in [0.15, 0.2) is 47.6 Å². The maximum absolute atomic E-state index is 5.02. The summed E-state index contributed by atoms with van der Waals surface area (Å²) in [7, 11) is 1.71.